The van der Waals surface area contributed by atoms with E-state index in [-0.39, 0.29) is 6.10 Å². The minimum absolute atomic E-state index is 0.284. The lowest BCUT2D eigenvalue weighted by atomic mass is 10.0. The minimum Gasteiger partial charge on any atom is -0.489 e. The lowest BCUT2D eigenvalue weighted by molar-refractivity contribution is 0.179. The summed E-state index contributed by atoms with van der Waals surface area (Å²) < 4.78 is 6.17. The maximum absolute atomic E-state index is 6.17. The van der Waals surface area contributed by atoms with Crippen molar-refractivity contribution in [2.75, 3.05) is 18.0 Å². The van der Waals surface area contributed by atoms with Gasteiger partial charge in [-0.2, -0.15) is 0 Å². The fourth-order valence-electron chi connectivity index (χ4n) is 3.99. The molecule has 2 aliphatic rings. The summed E-state index contributed by atoms with van der Waals surface area (Å²) in [5.41, 5.74) is 2.82. The number of hydrogen-bond donors (Lipinski definition) is 0. The molecule has 1 saturated heterocycles. The quantitative estimate of drug-likeness (QED) is 0.708. The van der Waals surface area contributed by atoms with Gasteiger partial charge in [0.25, 0.3) is 0 Å². The Hall–Kier alpha value is -1.96. The molecule has 0 N–H and O–H groups in total. The first-order valence-electron chi connectivity index (χ1n) is 9.83. The Kier molecular flexibility index (Phi) is 4.96. The highest BCUT2D eigenvalue weighted by atomic mass is 16.5. The molecule has 0 bridgehead atoms. The van der Waals surface area contributed by atoms with Crippen LogP contribution in [0, 0.1) is 11.8 Å². The molecule has 2 nitrogen and oxygen atoms in total. The van der Waals surface area contributed by atoms with Crippen LogP contribution in [-0.4, -0.2) is 19.2 Å². The van der Waals surface area contributed by atoms with Gasteiger partial charge >= 0.3 is 0 Å². The molecule has 2 heteroatoms. The number of piperidine rings is 1. The molecule has 25 heavy (non-hydrogen) atoms. The van der Waals surface area contributed by atoms with Gasteiger partial charge in [0.15, 0.2) is 0 Å². The molecule has 1 aliphatic heterocycles. The first kappa shape index (κ1) is 16.5. The fraction of sp³-hybridized carbons (Fsp3) is 0.478. The van der Waals surface area contributed by atoms with Crippen LogP contribution in [0.3, 0.4) is 0 Å². The average Bonchev–Trinajstić information content (AvgIpc) is 3.37. The molecule has 0 aromatic heterocycles. The van der Waals surface area contributed by atoms with Gasteiger partial charge in [-0.05, 0) is 73.8 Å². The molecule has 2 fully saturated rings. The number of nitrogens with zero attached hydrogens (tertiary/aromatic N) is 1. The van der Waals surface area contributed by atoms with Crippen molar-refractivity contribution < 1.29 is 4.74 Å². The minimum atomic E-state index is 0.284. The van der Waals surface area contributed by atoms with Crippen molar-refractivity contribution in [1.29, 1.82) is 0 Å². The van der Waals surface area contributed by atoms with Crippen molar-refractivity contribution in [3.05, 3.63) is 60.2 Å². The van der Waals surface area contributed by atoms with Gasteiger partial charge in [-0.25, -0.2) is 0 Å². The number of ether oxygens (including phenoxy) is 1. The predicted octanol–water partition coefficient (Wildman–Crippen LogP) is 5.32. The lowest BCUT2D eigenvalue weighted by Crippen LogP contribution is -2.41. The van der Waals surface area contributed by atoms with E-state index in [2.05, 4.69) is 48.2 Å². The topological polar surface area (TPSA) is 12.5 Å². The Morgan fingerprint density at radius 1 is 1.04 bits per heavy atom. The van der Waals surface area contributed by atoms with E-state index >= 15 is 0 Å². The second-order valence-corrected chi connectivity index (χ2v) is 7.82. The number of rotatable bonds is 6. The first-order valence-corrected chi connectivity index (χ1v) is 9.83. The van der Waals surface area contributed by atoms with Crippen LogP contribution in [0.5, 0.6) is 5.75 Å². The van der Waals surface area contributed by atoms with Gasteiger partial charge in [-0.3, -0.25) is 0 Å². The average molecular weight is 335 g/mol. The van der Waals surface area contributed by atoms with Gasteiger partial charge in [0.1, 0.15) is 11.9 Å². The van der Waals surface area contributed by atoms with Crippen molar-refractivity contribution >= 4 is 5.69 Å². The zero-order valence-electron chi connectivity index (χ0n) is 15.2. The molecule has 4 rings (SSSR count). The Morgan fingerprint density at radius 2 is 1.80 bits per heavy atom. The largest absolute Gasteiger partial charge is 0.489 e. The Labute approximate surface area is 151 Å². The molecule has 0 radical (unpaired) electrons. The lowest BCUT2D eigenvalue weighted by Gasteiger charge is -2.34. The van der Waals surface area contributed by atoms with Crippen LogP contribution in [0.2, 0.25) is 0 Å². The second-order valence-electron chi connectivity index (χ2n) is 7.82. The molecule has 0 amide bonds. The Morgan fingerprint density at radius 3 is 2.52 bits per heavy atom. The smallest absolute Gasteiger partial charge is 0.119 e. The third-order valence-corrected chi connectivity index (χ3v) is 5.81. The van der Waals surface area contributed by atoms with Crippen LogP contribution in [0.15, 0.2) is 54.6 Å². The van der Waals surface area contributed by atoms with Crippen LogP contribution in [0.4, 0.5) is 5.69 Å². The monoisotopic (exact) mass is 335 g/mol. The summed E-state index contributed by atoms with van der Waals surface area (Å²) in [5, 5.41) is 0. The standard InChI is InChI=1S/C23H29NO/c1-18-16-20(18)12-9-19-10-13-21(14-11-19)24-15-5-8-23(17-24)25-22-6-3-2-4-7-22/h2-4,6-7,10-11,13-14,18,20,23H,5,8-9,12,15-17H2,1H3/t18?,20-,23?/m1/s1. The third-order valence-electron chi connectivity index (χ3n) is 5.81. The van der Waals surface area contributed by atoms with Gasteiger partial charge < -0.3 is 9.64 Å². The molecular formula is C23H29NO. The molecule has 1 heterocycles. The van der Waals surface area contributed by atoms with Gasteiger partial charge in [0, 0.05) is 12.2 Å². The maximum Gasteiger partial charge on any atom is 0.119 e. The van der Waals surface area contributed by atoms with Crippen LogP contribution in [0.25, 0.3) is 0 Å². The molecule has 0 spiro atoms. The summed E-state index contributed by atoms with van der Waals surface area (Å²) >= 11 is 0. The van der Waals surface area contributed by atoms with Crippen LogP contribution >= 0.6 is 0 Å². The van der Waals surface area contributed by atoms with E-state index in [0.29, 0.717) is 0 Å². The first-order chi connectivity index (χ1) is 12.3. The van der Waals surface area contributed by atoms with E-state index in [9.17, 15) is 0 Å². The van der Waals surface area contributed by atoms with E-state index in [1.54, 1.807) is 0 Å². The number of para-hydroxylation sites is 1. The summed E-state index contributed by atoms with van der Waals surface area (Å²) in [6, 6.07) is 19.5. The zero-order valence-corrected chi connectivity index (χ0v) is 15.2. The molecule has 3 atom stereocenters. The maximum atomic E-state index is 6.17. The molecule has 2 aromatic carbocycles. The van der Waals surface area contributed by atoms with E-state index in [1.807, 2.05) is 18.2 Å². The number of benzene rings is 2. The summed E-state index contributed by atoms with van der Waals surface area (Å²) in [6.45, 7) is 4.49. The van der Waals surface area contributed by atoms with Crippen LogP contribution in [-0.2, 0) is 6.42 Å². The SMILES string of the molecule is CC1C[C@H]1CCc1ccc(N2CCCC(Oc3ccccc3)C2)cc1. The summed E-state index contributed by atoms with van der Waals surface area (Å²) in [5.74, 6) is 2.94. The molecule has 1 aliphatic carbocycles. The van der Waals surface area contributed by atoms with Crippen molar-refractivity contribution in [1.82, 2.24) is 0 Å². The van der Waals surface area contributed by atoms with Crippen molar-refractivity contribution in [2.24, 2.45) is 11.8 Å². The molecule has 2 aromatic rings. The number of hydrogen-bond acceptors (Lipinski definition) is 2. The van der Waals surface area contributed by atoms with Gasteiger partial charge in [0.05, 0.1) is 6.54 Å². The summed E-state index contributed by atoms with van der Waals surface area (Å²) in [7, 11) is 0. The summed E-state index contributed by atoms with van der Waals surface area (Å²) in [6.07, 6.45) is 6.65. The highest BCUT2D eigenvalue weighted by Crippen LogP contribution is 2.41. The zero-order chi connectivity index (χ0) is 17.1. The fourth-order valence-corrected chi connectivity index (χ4v) is 3.99. The second kappa shape index (κ2) is 7.51. The van der Waals surface area contributed by atoms with E-state index in [1.165, 1.54) is 36.9 Å². The van der Waals surface area contributed by atoms with E-state index < -0.39 is 0 Å². The highest BCUT2D eigenvalue weighted by Gasteiger charge is 2.31. The summed E-state index contributed by atoms with van der Waals surface area (Å²) in [4.78, 5) is 2.48. The van der Waals surface area contributed by atoms with Crippen LogP contribution < -0.4 is 9.64 Å². The number of anilines is 1. The Balaban J connectivity index is 1.32. The van der Waals surface area contributed by atoms with Crippen molar-refractivity contribution in [3.8, 4) is 5.75 Å². The van der Waals surface area contributed by atoms with Crippen molar-refractivity contribution in [2.45, 2.75) is 45.1 Å². The van der Waals surface area contributed by atoms with E-state index in [0.717, 1.165) is 37.1 Å². The molecule has 2 unspecified atom stereocenters. The predicted molar refractivity (Wildman–Crippen MR) is 104 cm³/mol. The normalized spacial score (nSPS) is 25.6. The van der Waals surface area contributed by atoms with Gasteiger partial charge in [0.2, 0.25) is 0 Å². The molecular weight excluding hydrogens is 306 g/mol. The highest BCUT2D eigenvalue weighted by molar-refractivity contribution is 5.48. The molecule has 1 saturated carbocycles. The molecule has 132 valence electrons. The van der Waals surface area contributed by atoms with Gasteiger partial charge in [-0.1, -0.05) is 37.3 Å². The Bertz CT molecular complexity index is 666. The number of aryl methyl sites for hydroxylation is 1. The van der Waals surface area contributed by atoms with Crippen molar-refractivity contribution in [3.63, 3.8) is 0 Å². The van der Waals surface area contributed by atoms with E-state index in [4.69, 9.17) is 4.74 Å². The van der Waals surface area contributed by atoms with Gasteiger partial charge in [-0.15, -0.1) is 0 Å². The third kappa shape index (κ3) is 4.36. The van der Waals surface area contributed by atoms with Crippen LogP contribution in [0.1, 0.15) is 38.2 Å².